The number of thioether (sulfide) groups is 1. The van der Waals surface area contributed by atoms with E-state index in [-0.39, 0.29) is 30.2 Å². The molecule has 3 heterocycles. The van der Waals surface area contributed by atoms with Gasteiger partial charge in [-0.05, 0) is 60.3 Å². The Labute approximate surface area is 275 Å². The van der Waals surface area contributed by atoms with Crippen LogP contribution < -0.4 is 14.8 Å². The number of benzene rings is 3. The Balaban J connectivity index is 1.24. The first-order chi connectivity index (χ1) is 22.4. The number of methoxy groups -OCH3 is 2. The molecule has 1 N–H and O–H groups in total. The van der Waals surface area contributed by atoms with Crippen molar-refractivity contribution in [1.82, 2.24) is 25.1 Å². The molecule has 0 fully saturated rings. The predicted octanol–water partition coefficient (Wildman–Crippen LogP) is 6.05. The second-order valence-electron chi connectivity index (χ2n) is 10.5. The number of thiophene rings is 1. The molecule has 234 valence electrons. The molecular weight excluding hydrogens is 621 g/mol. The van der Waals surface area contributed by atoms with Crippen LogP contribution in [0.2, 0.25) is 0 Å². The number of ether oxygens (including phenoxy) is 2. The smallest absolute Gasteiger partial charge is 0.253 e. The van der Waals surface area contributed by atoms with Gasteiger partial charge in [-0.25, -0.2) is 5.01 Å². The number of carbonyl (C=O) groups is 2. The summed E-state index contributed by atoms with van der Waals surface area (Å²) in [6.07, 6.45) is 0.634. The molecule has 1 aliphatic heterocycles. The van der Waals surface area contributed by atoms with Gasteiger partial charge in [0.25, 0.3) is 11.8 Å². The number of rotatable bonds is 11. The second kappa shape index (κ2) is 14.0. The molecule has 0 spiro atoms. The van der Waals surface area contributed by atoms with E-state index in [1.165, 1.54) is 11.8 Å². The van der Waals surface area contributed by atoms with Crippen LogP contribution in [0, 0.1) is 6.92 Å². The predicted molar refractivity (Wildman–Crippen MR) is 179 cm³/mol. The third-order valence-electron chi connectivity index (χ3n) is 7.54. The summed E-state index contributed by atoms with van der Waals surface area (Å²) in [7, 11) is 3.17. The Morgan fingerprint density at radius 3 is 2.46 bits per heavy atom. The SMILES string of the molecule is COc1ccc(C(=O)NCc2nnc(SCC(=O)N3N=C(c4cccs4)C[C@H]3c3ccc(C)cc3)n2-c2ccccc2OC)cc1. The van der Waals surface area contributed by atoms with Crippen molar-refractivity contribution in [2.45, 2.75) is 31.1 Å². The number of carbonyl (C=O) groups excluding carboxylic acids is 2. The maximum absolute atomic E-state index is 13.8. The highest BCUT2D eigenvalue weighted by Crippen LogP contribution is 2.35. The van der Waals surface area contributed by atoms with E-state index in [2.05, 4.69) is 39.8 Å². The van der Waals surface area contributed by atoms with Gasteiger partial charge in [-0.1, -0.05) is 59.8 Å². The van der Waals surface area contributed by atoms with Crippen LogP contribution in [-0.4, -0.2) is 57.3 Å². The van der Waals surface area contributed by atoms with Gasteiger partial charge in [0, 0.05) is 12.0 Å². The van der Waals surface area contributed by atoms with Crippen molar-refractivity contribution in [1.29, 1.82) is 0 Å². The Morgan fingerprint density at radius 2 is 1.74 bits per heavy atom. The van der Waals surface area contributed by atoms with Gasteiger partial charge in [-0.3, -0.25) is 14.2 Å². The van der Waals surface area contributed by atoms with Crippen LogP contribution in [0.3, 0.4) is 0 Å². The van der Waals surface area contributed by atoms with Crippen molar-refractivity contribution in [3.63, 3.8) is 0 Å². The summed E-state index contributed by atoms with van der Waals surface area (Å²) in [4.78, 5) is 27.8. The monoisotopic (exact) mass is 652 g/mol. The fraction of sp³-hybridized carbons (Fsp3) is 0.206. The number of nitrogens with zero attached hydrogens (tertiary/aromatic N) is 5. The maximum Gasteiger partial charge on any atom is 0.253 e. The van der Waals surface area contributed by atoms with Crippen molar-refractivity contribution in [3.05, 3.63) is 118 Å². The molecule has 46 heavy (non-hydrogen) atoms. The Hall–Kier alpha value is -4.94. The number of nitrogens with one attached hydrogen (secondary N) is 1. The van der Waals surface area contributed by atoms with E-state index in [1.807, 2.05) is 53.3 Å². The van der Waals surface area contributed by atoms with Crippen LogP contribution in [0.4, 0.5) is 0 Å². The van der Waals surface area contributed by atoms with Gasteiger partial charge in [0.05, 0.1) is 48.8 Å². The van der Waals surface area contributed by atoms with Gasteiger partial charge >= 0.3 is 0 Å². The van der Waals surface area contributed by atoms with E-state index in [4.69, 9.17) is 14.6 Å². The summed E-state index contributed by atoms with van der Waals surface area (Å²) in [5.74, 6) is 1.41. The summed E-state index contributed by atoms with van der Waals surface area (Å²) in [5, 5.41) is 20.7. The zero-order chi connectivity index (χ0) is 32.0. The lowest BCUT2D eigenvalue weighted by Crippen LogP contribution is -2.28. The number of aromatic nitrogens is 3. The van der Waals surface area contributed by atoms with Crippen molar-refractivity contribution in [2.24, 2.45) is 5.10 Å². The van der Waals surface area contributed by atoms with Crippen LogP contribution >= 0.6 is 23.1 Å². The minimum atomic E-state index is -0.266. The van der Waals surface area contributed by atoms with Crippen LogP contribution in [0.25, 0.3) is 5.69 Å². The minimum Gasteiger partial charge on any atom is -0.497 e. The van der Waals surface area contributed by atoms with Gasteiger partial charge in [0.1, 0.15) is 11.5 Å². The summed E-state index contributed by atoms with van der Waals surface area (Å²) in [6.45, 7) is 2.14. The van der Waals surface area contributed by atoms with Gasteiger partial charge in [-0.15, -0.1) is 21.5 Å². The molecule has 1 atom stereocenters. The molecule has 12 heteroatoms. The van der Waals surface area contributed by atoms with Crippen molar-refractivity contribution in [3.8, 4) is 17.2 Å². The fourth-order valence-corrected chi connectivity index (χ4v) is 6.68. The molecule has 1 aliphatic rings. The molecule has 0 saturated heterocycles. The molecule has 6 rings (SSSR count). The largest absolute Gasteiger partial charge is 0.497 e. The number of hydrogen-bond acceptors (Lipinski definition) is 9. The van der Waals surface area contributed by atoms with Crippen molar-refractivity contribution >= 4 is 40.6 Å². The quantitative estimate of drug-likeness (QED) is 0.173. The number of hydrogen-bond donors (Lipinski definition) is 1. The standard InChI is InChI=1S/C34H32N6O4S2/c1-22-10-12-23(13-11-22)28-19-26(30-9-6-18-45-30)38-40(28)32(41)21-46-34-37-36-31(39(34)27-7-4-5-8-29(27)44-3)20-35-33(42)24-14-16-25(43-2)17-15-24/h4-18,28H,19-21H2,1-3H3,(H,35,42)/t28-/m0/s1. The van der Waals surface area contributed by atoms with E-state index in [9.17, 15) is 9.59 Å². The van der Waals surface area contributed by atoms with Gasteiger partial charge in [0.2, 0.25) is 0 Å². The molecule has 2 amide bonds. The maximum atomic E-state index is 13.8. The highest BCUT2D eigenvalue weighted by atomic mass is 32.2. The first kappa shape index (κ1) is 31.1. The molecule has 0 unspecified atom stereocenters. The molecule has 3 aromatic carbocycles. The Morgan fingerprint density at radius 1 is 0.957 bits per heavy atom. The van der Waals surface area contributed by atoms with Crippen LogP contribution in [-0.2, 0) is 11.3 Å². The summed E-state index contributed by atoms with van der Waals surface area (Å²) < 4.78 is 12.7. The lowest BCUT2D eigenvalue weighted by molar-refractivity contribution is -0.130. The Bertz CT molecular complexity index is 1850. The zero-order valence-electron chi connectivity index (χ0n) is 25.5. The molecule has 0 aliphatic carbocycles. The molecule has 10 nitrogen and oxygen atoms in total. The third kappa shape index (κ3) is 6.68. The number of aryl methyl sites for hydroxylation is 1. The number of para-hydroxylation sites is 2. The Kier molecular flexibility index (Phi) is 9.46. The molecule has 0 radical (unpaired) electrons. The summed E-state index contributed by atoms with van der Waals surface area (Å²) in [6, 6.07) is 26.4. The van der Waals surface area contributed by atoms with Gasteiger partial charge in [0.15, 0.2) is 11.0 Å². The van der Waals surface area contributed by atoms with E-state index in [0.29, 0.717) is 40.2 Å². The fourth-order valence-electron chi connectivity index (χ4n) is 5.14. The molecular formula is C34H32N6O4S2. The van der Waals surface area contributed by atoms with E-state index in [1.54, 1.807) is 54.8 Å². The number of amides is 2. The topological polar surface area (TPSA) is 111 Å². The van der Waals surface area contributed by atoms with Crippen LogP contribution in [0.5, 0.6) is 11.5 Å². The molecule has 0 bridgehead atoms. The minimum absolute atomic E-state index is 0.0784. The lowest BCUT2D eigenvalue weighted by atomic mass is 10.00. The second-order valence-corrected chi connectivity index (χ2v) is 12.4. The summed E-state index contributed by atoms with van der Waals surface area (Å²) >= 11 is 2.87. The highest BCUT2D eigenvalue weighted by Gasteiger charge is 2.33. The van der Waals surface area contributed by atoms with E-state index in [0.717, 1.165) is 21.7 Å². The van der Waals surface area contributed by atoms with Gasteiger partial charge < -0.3 is 14.8 Å². The number of hydrazone groups is 1. The summed E-state index contributed by atoms with van der Waals surface area (Å²) in [5.41, 5.74) is 4.26. The van der Waals surface area contributed by atoms with E-state index < -0.39 is 0 Å². The first-order valence-electron chi connectivity index (χ1n) is 14.6. The van der Waals surface area contributed by atoms with Crippen molar-refractivity contribution in [2.75, 3.05) is 20.0 Å². The third-order valence-corrected chi connectivity index (χ3v) is 9.38. The lowest BCUT2D eigenvalue weighted by Gasteiger charge is -2.22. The molecule has 0 saturated carbocycles. The van der Waals surface area contributed by atoms with Crippen LogP contribution in [0.1, 0.15) is 44.6 Å². The van der Waals surface area contributed by atoms with Gasteiger partial charge in [-0.2, -0.15) is 5.10 Å². The first-order valence-corrected chi connectivity index (χ1v) is 16.4. The molecule has 5 aromatic rings. The molecule has 2 aromatic heterocycles. The van der Waals surface area contributed by atoms with Crippen molar-refractivity contribution < 1.29 is 19.1 Å². The normalized spacial score (nSPS) is 14.2. The average molecular weight is 653 g/mol. The highest BCUT2D eigenvalue weighted by molar-refractivity contribution is 7.99. The van der Waals surface area contributed by atoms with Crippen LogP contribution in [0.15, 0.2) is 101 Å². The van der Waals surface area contributed by atoms with E-state index >= 15 is 0 Å². The average Bonchev–Trinajstić information content (AvgIpc) is 3.87. The zero-order valence-corrected chi connectivity index (χ0v) is 27.2.